The maximum atomic E-state index is 10.0. The summed E-state index contributed by atoms with van der Waals surface area (Å²) in [6.45, 7) is 0.431. The van der Waals surface area contributed by atoms with Crippen LogP contribution in [0.25, 0.3) is 0 Å². The van der Waals surface area contributed by atoms with Crippen molar-refractivity contribution in [2.45, 2.75) is 6.54 Å². The molecule has 0 saturated heterocycles. The molecule has 5 heteroatoms. The number of hydrogen-bond donors (Lipinski definition) is 2. The number of methoxy groups -OCH3 is 1. The summed E-state index contributed by atoms with van der Waals surface area (Å²) in [4.78, 5) is 10.0. The molecule has 0 spiro atoms. The van der Waals surface area contributed by atoms with Crippen molar-refractivity contribution >= 4 is 36.0 Å². The van der Waals surface area contributed by atoms with E-state index in [4.69, 9.17) is 4.74 Å². The van der Waals surface area contributed by atoms with Gasteiger partial charge < -0.3 is 15.2 Å². The number of rotatable bonds is 4. The molecule has 1 aromatic carbocycles. The molecule has 0 fully saturated rings. The number of phenolic OH excluding ortho intramolecular Hbond substituents is 1. The summed E-state index contributed by atoms with van der Waals surface area (Å²) < 4.78 is 4.90. The summed E-state index contributed by atoms with van der Waals surface area (Å²) in [6, 6.07) is 4.92. The Morgan fingerprint density at radius 2 is 2.29 bits per heavy atom. The molecule has 4 nitrogen and oxygen atoms in total. The van der Waals surface area contributed by atoms with E-state index >= 15 is 0 Å². The fraction of sp³-hybridized carbons (Fsp3) is 0.222. The molecular formula is C9H12NNaO3. The second-order valence-corrected chi connectivity index (χ2v) is 2.50. The zero-order chi connectivity index (χ0) is 9.68. The first-order chi connectivity index (χ1) is 6.27. The topological polar surface area (TPSA) is 58.6 Å². The van der Waals surface area contributed by atoms with Crippen LogP contribution in [0.1, 0.15) is 5.56 Å². The summed E-state index contributed by atoms with van der Waals surface area (Å²) in [7, 11) is 1.48. The van der Waals surface area contributed by atoms with Crippen molar-refractivity contribution in [3.8, 4) is 11.5 Å². The molecule has 0 aromatic heterocycles. The SMILES string of the molecule is COc1cc(CNC=O)ccc1O.[NaH]. The number of benzene rings is 1. The Morgan fingerprint density at radius 3 is 2.86 bits per heavy atom. The van der Waals surface area contributed by atoms with Gasteiger partial charge in [-0.1, -0.05) is 6.07 Å². The van der Waals surface area contributed by atoms with Gasteiger partial charge in [-0.05, 0) is 17.7 Å². The summed E-state index contributed by atoms with van der Waals surface area (Å²) in [5.74, 6) is 0.502. The fourth-order valence-corrected chi connectivity index (χ4v) is 0.992. The van der Waals surface area contributed by atoms with Crippen molar-refractivity contribution in [2.75, 3.05) is 7.11 Å². The maximum absolute atomic E-state index is 10.0. The normalized spacial score (nSPS) is 8.64. The summed E-state index contributed by atoms with van der Waals surface area (Å²) in [5, 5.41) is 11.8. The number of nitrogens with one attached hydrogen (secondary N) is 1. The number of ether oxygens (including phenoxy) is 1. The Morgan fingerprint density at radius 1 is 1.57 bits per heavy atom. The molecule has 0 aliphatic heterocycles. The van der Waals surface area contributed by atoms with E-state index in [1.807, 2.05) is 0 Å². The van der Waals surface area contributed by atoms with E-state index in [9.17, 15) is 9.90 Å². The number of aromatic hydroxyl groups is 1. The molecule has 0 unspecified atom stereocenters. The van der Waals surface area contributed by atoms with Crippen molar-refractivity contribution in [3.05, 3.63) is 23.8 Å². The average molecular weight is 205 g/mol. The van der Waals surface area contributed by atoms with Gasteiger partial charge in [0.25, 0.3) is 0 Å². The van der Waals surface area contributed by atoms with Crippen LogP contribution < -0.4 is 10.1 Å². The molecule has 0 radical (unpaired) electrons. The summed E-state index contributed by atoms with van der Waals surface area (Å²) in [6.07, 6.45) is 0.624. The standard InChI is InChI=1S/C9H11NO3.Na.H/c1-13-9-4-7(5-10-6-11)2-3-8(9)12;;/h2-4,6,12H,5H2,1H3,(H,10,11);;. The van der Waals surface area contributed by atoms with E-state index in [-0.39, 0.29) is 35.3 Å². The van der Waals surface area contributed by atoms with Crippen molar-refractivity contribution in [2.24, 2.45) is 0 Å². The molecule has 1 rings (SSSR count). The second kappa shape index (κ2) is 6.70. The average Bonchev–Trinajstić information content (AvgIpc) is 2.16. The van der Waals surface area contributed by atoms with Crippen molar-refractivity contribution in [1.29, 1.82) is 0 Å². The van der Waals surface area contributed by atoms with Gasteiger partial charge in [0.1, 0.15) is 0 Å². The zero-order valence-corrected chi connectivity index (χ0v) is 7.28. The number of phenols is 1. The van der Waals surface area contributed by atoms with Gasteiger partial charge in [0.15, 0.2) is 11.5 Å². The molecule has 1 aromatic rings. The van der Waals surface area contributed by atoms with Crippen LogP contribution in [0.5, 0.6) is 11.5 Å². The third-order valence-electron chi connectivity index (χ3n) is 1.63. The number of carbonyl (C=O) groups is 1. The first-order valence-electron chi connectivity index (χ1n) is 3.81. The molecular weight excluding hydrogens is 193 g/mol. The van der Waals surface area contributed by atoms with Crippen LogP contribution in [0.2, 0.25) is 0 Å². The van der Waals surface area contributed by atoms with E-state index in [0.29, 0.717) is 18.7 Å². The van der Waals surface area contributed by atoms with Gasteiger partial charge in [0.05, 0.1) is 7.11 Å². The van der Waals surface area contributed by atoms with Crippen LogP contribution in [0.4, 0.5) is 0 Å². The van der Waals surface area contributed by atoms with Crippen molar-refractivity contribution in [1.82, 2.24) is 5.32 Å². The van der Waals surface area contributed by atoms with Crippen molar-refractivity contribution < 1.29 is 14.6 Å². The van der Waals surface area contributed by atoms with Crippen molar-refractivity contribution in [3.63, 3.8) is 0 Å². The molecule has 0 atom stereocenters. The first-order valence-corrected chi connectivity index (χ1v) is 3.81. The third-order valence-corrected chi connectivity index (χ3v) is 1.63. The Bertz CT molecular complexity index is 304. The van der Waals surface area contributed by atoms with Gasteiger partial charge in [0, 0.05) is 6.54 Å². The van der Waals surface area contributed by atoms with Crippen LogP contribution in [-0.2, 0) is 11.3 Å². The molecule has 72 valence electrons. The van der Waals surface area contributed by atoms with Crippen LogP contribution in [-0.4, -0.2) is 48.2 Å². The van der Waals surface area contributed by atoms with Gasteiger partial charge >= 0.3 is 29.6 Å². The monoisotopic (exact) mass is 205 g/mol. The predicted molar refractivity (Wildman–Crippen MR) is 54.7 cm³/mol. The van der Waals surface area contributed by atoms with E-state index in [0.717, 1.165) is 5.56 Å². The number of hydrogen-bond acceptors (Lipinski definition) is 3. The Balaban J connectivity index is 0.00000169. The Labute approximate surface area is 105 Å². The molecule has 0 aliphatic carbocycles. The van der Waals surface area contributed by atoms with Gasteiger partial charge in [-0.3, -0.25) is 4.79 Å². The van der Waals surface area contributed by atoms with Gasteiger partial charge in [0.2, 0.25) is 6.41 Å². The molecule has 0 aliphatic rings. The van der Waals surface area contributed by atoms with Crippen LogP contribution in [0, 0.1) is 0 Å². The first kappa shape index (κ1) is 13.3. The molecule has 2 N–H and O–H groups in total. The van der Waals surface area contributed by atoms with Gasteiger partial charge in [-0.25, -0.2) is 0 Å². The van der Waals surface area contributed by atoms with Gasteiger partial charge in [-0.2, -0.15) is 0 Å². The number of carbonyl (C=O) groups excluding carboxylic acids is 1. The predicted octanol–water partition coefficient (Wildman–Crippen LogP) is -0.00170. The zero-order valence-electron chi connectivity index (χ0n) is 7.28. The van der Waals surface area contributed by atoms with E-state index in [1.54, 1.807) is 12.1 Å². The quantitative estimate of drug-likeness (QED) is 0.537. The fourth-order valence-electron chi connectivity index (χ4n) is 0.992. The van der Waals surface area contributed by atoms with Crippen LogP contribution >= 0.6 is 0 Å². The van der Waals surface area contributed by atoms with Crippen LogP contribution in [0.15, 0.2) is 18.2 Å². The Kier molecular flexibility index (Phi) is 6.36. The van der Waals surface area contributed by atoms with E-state index in [2.05, 4.69) is 5.32 Å². The molecule has 1 amide bonds. The van der Waals surface area contributed by atoms with Gasteiger partial charge in [-0.15, -0.1) is 0 Å². The molecule has 0 saturated carbocycles. The van der Waals surface area contributed by atoms with Crippen LogP contribution in [0.3, 0.4) is 0 Å². The summed E-state index contributed by atoms with van der Waals surface area (Å²) >= 11 is 0. The minimum atomic E-state index is 0. The molecule has 0 bridgehead atoms. The number of amides is 1. The second-order valence-electron chi connectivity index (χ2n) is 2.50. The molecule has 0 heterocycles. The summed E-state index contributed by atoms with van der Waals surface area (Å²) in [5.41, 5.74) is 0.877. The van der Waals surface area contributed by atoms with E-state index in [1.165, 1.54) is 13.2 Å². The third kappa shape index (κ3) is 3.57. The minimum absolute atomic E-state index is 0. The van der Waals surface area contributed by atoms with E-state index < -0.39 is 0 Å². The molecule has 14 heavy (non-hydrogen) atoms. The Hall–Kier alpha value is -0.710.